The Morgan fingerprint density at radius 3 is 2.67 bits per heavy atom. The summed E-state index contributed by atoms with van der Waals surface area (Å²) in [5, 5.41) is 8.10. The summed E-state index contributed by atoms with van der Waals surface area (Å²) in [6.07, 6.45) is 10.1. The Labute approximate surface area is 127 Å². The molecule has 2 aromatic rings. The first-order valence-electron chi connectivity index (χ1n) is 7.83. The van der Waals surface area contributed by atoms with Crippen molar-refractivity contribution >= 4 is 0 Å². The largest absolute Gasteiger partial charge is 0.317 e. The van der Waals surface area contributed by atoms with E-state index in [4.69, 9.17) is 5.10 Å². The third-order valence-electron chi connectivity index (χ3n) is 4.10. The van der Waals surface area contributed by atoms with Crippen LogP contribution in [0.3, 0.4) is 0 Å². The van der Waals surface area contributed by atoms with Gasteiger partial charge in [0.25, 0.3) is 0 Å². The minimum Gasteiger partial charge on any atom is -0.317 e. The SMILES string of the molecule is CCC(C)n1ccc(CC(CCc2ccncc2)NC)n1. The molecule has 0 bridgehead atoms. The third-order valence-corrected chi connectivity index (χ3v) is 4.10. The van der Waals surface area contributed by atoms with Crippen molar-refractivity contribution in [1.29, 1.82) is 0 Å². The van der Waals surface area contributed by atoms with Crippen LogP contribution in [0.4, 0.5) is 0 Å². The van der Waals surface area contributed by atoms with Gasteiger partial charge in [-0.15, -0.1) is 0 Å². The number of nitrogens with zero attached hydrogens (tertiary/aromatic N) is 3. The van der Waals surface area contributed by atoms with Crippen LogP contribution in [0.1, 0.15) is 44.0 Å². The molecule has 0 aromatic carbocycles. The number of hydrogen-bond acceptors (Lipinski definition) is 3. The van der Waals surface area contributed by atoms with E-state index in [0.29, 0.717) is 12.1 Å². The summed E-state index contributed by atoms with van der Waals surface area (Å²) in [6, 6.07) is 7.25. The molecular weight excluding hydrogens is 260 g/mol. The molecule has 2 aromatic heterocycles. The smallest absolute Gasteiger partial charge is 0.0640 e. The molecule has 0 saturated carbocycles. The Balaban J connectivity index is 1.88. The molecule has 2 atom stereocenters. The van der Waals surface area contributed by atoms with E-state index in [0.717, 1.165) is 25.7 Å². The fraction of sp³-hybridized carbons (Fsp3) is 0.529. The summed E-state index contributed by atoms with van der Waals surface area (Å²) in [7, 11) is 2.03. The Hall–Kier alpha value is -1.68. The van der Waals surface area contributed by atoms with Crippen molar-refractivity contribution in [2.45, 2.75) is 51.6 Å². The molecule has 0 radical (unpaired) electrons. The van der Waals surface area contributed by atoms with Gasteiger partial charge in [0.1, 0.15) is 0 Å². The zero-order valence-corrected chi connectivity index (χ0v) is 13.3. The van der Waals surface area contributed by atoms with Gasteiger partial charge < -0.3 is 5.32 Å². The van der Waals surface area contributed by atoms with Gasteiger partial charge in [0.2, 0.25) is 0 Å². The molecule has 4 heteroatoms. The summed E-state index contributed by atoms with van der Waals surface area (Å²) >= 11 is 0. The van der Waals surface area contributed by atoms with Crippen molar-refractivity contribution < 1.29 is 0 Å². The van der Waals surface area contributed by atoms with E-state index in [1.54, 1.807) is 0 Å². The molecule has 0 spiro atoms. The zero-order valence-electron chi connectivity index (χ0n) is 13.3. The van der Waals surface area contributed by atoms with Gasteiger partial charge in [0.15, 0.2) is 0 Å². The molecule has 21 heavy (non-hydrogen) atoms. The fourth-order valence-corrected chi connectivity index (χ4v) is 2.41. The van der Waals surface area contributed by atoms with Crippen LogP contribution in [0.25, 0.3) is 0 Å². The molecule has 0 aliphatic heterocycles. The lowest BCUT2D eigenvalue weighted by molar-refractivity contribution is 0.463. The van der Waals surface area contributed by atoms with Crippen LogP contribution < -0.4 is 5.32 Å². The molecule has 114 valence electrons. The molecule has 2 unspecified atom stereocenters. The first kappa shape index (κ1) is 15.7. The number of aromatic nitrogens is 3. The van der Waals surface area contributed by atoms with E-state index in [9.17, 15) is 0 Å². The van der Waals surface area contributed by atoms with Crippen LogP contribution >= 0.6 is 0 Å². The second-order valence-electron chi connectivity index (χ2n) is 5.63. The molecule has 0 saturated heterocycles. The van der Waals surface area contributed by atoms with E-state index in [1.165, 1.54) is 11.3 Å². The number of aryl methyl sites for hydroxylation is 1. The standard InChI is InChI=1S/C17H26N4/c1-4-14(2)21-12-9-17(20-21)13-16(18-3)6-5-15-7-10-19-11-8-15/h7-12,14,16,18H,4-6,13H2,1-3H3. The van der Waals surface area contributed by atoms with E-state index < -0.39 is 0 Å². The molecule has 0 aliphatic rings. The molecule has 0 amide bonds. The van der Waals surface area contributed by atoms with E-state index in [2.05, 4.69) is 53.2 Å². The summed E-state index contributed by atoms with van der Waals surface area (Å²) in [5.41, 5.74) is 2.51. The lowest BCUT2D eigenvalue weighted by Gasteiger charge is -2.15. The van der Waals surface area contributed by atoms with Crippen molar-refractivity contribution in [2.24, 2.45) is 0 Å². The van der Waals surface area contributed by atoms with Gasteiger partial charge in [-0.05, 0) is 57.0 Å². The van der Waals surface area contributed by atoms with Crippen molar-refractivity contribution in [1.82, 2.24) is 20.1 Å². The van der Waals surface area contributed by atoms with Crippen molar-refractivity contribution in [3.63, 3.8) is 0 Å². The minimum absolute atomic E-state index is 0.457. The summed E-state index contributed by atoms with van der Waals surface area (Å²) < 4.78 is 2.07. The molecule has 4 nitrogen and oxygen atoms in total. The monoisotopic (exact) mass is 286 g/mol. The van der Waals surface area contributed by atoms with Gasteiger partial charge in [-0.3, -0.25) is 9.67 Å². The Bertz CT molecular complexity index is 521. The van der Waals surface area contributed by atoms with Crippen LogP contribution in [-0.2, 0) is 12.8 Å². The first-order valence-corrected chi connectivity index (χ1v) is 7.83. The second-order valence-corrected chi connectivity index (χ2v) is 5.63. The Morgan fingerprint density at radius 2 is 2.00 bits per heavy atom. The average molecular weight is 286 g/mol. The topological polar surface area (TPSA) is 42.7 Å². The Morgan fingerprint density at radius 1 is 1.24 bits per heavy atom. The third kappa shape index (κ3) is 4.67. The van der Waals surface area contributed by atoms with E-state index >= 15 is 0 Å². The average Bonchev–Trinajstić information content (AvgIpc) is 3.00. The minimum atomic E-state index is 0.457. The maximum Gasteiger partial charge on any atom is 0.0640 e. The maximum absolute atomic E-state index is 4.69. The molecule has 0 aliphatic carbocycles. The highest BCUT2D eigenvalue weighted by molar-refractivity contribution is 5.10. The summed E-state index contributed by atoms with van der Waals surface area (Å²) in [5.74, 6) is 0. The van der Waals surface area contributed by atoms with Crippen LogP contribution in [0, 0.1) is 0 Å². The van der Waals surface area contributed by atoms with Crippen molar-refractivity contribution in [2.75, 3.05) is 7.05 Å². The number of nitrogens with one attached hydrogen (secondary N) is 1. The van der Waals surface area contributed by atoms with Crippen LogP contribution in [-0.4, -0.2) is 27.9 Å². The van der Waals surface area contributed by atoms with Gasteiger partial charge in [0.05, 0.1) is 5.69 Å². The van der Waals surface area contributed by atoms with Gasteiger partial charge in [-0.1, -0.05) is 6.92 Å². The van der Waals surface area contributed by atoms with Gasteiger partial charge in [0, 0.05) is 37.1 Å². The van der Waals surface area contributed by atoms with Gasteiger partial charge >= 0.3 is 0 Å². The number of rotatable bonds is 8. The predicted molar refractivity (Wildman–Crippen MR) is 86.3 cm³/mol. The lowest BCUT2D eigenvalue weighted by atomic mass is 10.0. The molecule has 1 N–H and O–H groups in total. The second kappa shape index (κ2) is 7.93. The molecular formula is C17H26N4. The zero-order chi connectivity index (χ0) is 15.1. The predicted octanol–water partition coefficient (Wildman–Crippen LogP) is 3.01. The van der Waals surface area contributed by atoms with Gasteiger partial charge in [-0.2, -0.15) is 5.10 Å². The quantitative estimate of drug-likeness (QED) is 0.811. The highest BCUT2D eigenvalue weighted by Crippen LogP contribution is 2.12. The van der Waals surface area contributed by atoms with Crippen LogP contribution in [0.5, 0.6) is 0 Å². The molecule has 2 heterocycles. The normalized spacial score (nSPS) is 14.0. The molecule has 0 fully saturated rings. The molecule has 2 rings (SSSR count). The lowest BCUT2D eigenvalue weighted by Crippen LogP contribution is -2.28. The Kier molecular flexibility index (Phi) is 5.93. The van der Waals surface area contributed by atoms with Gasteiger partial charge in [-0.25, -0.2) is 0 Å². The van der Waals surface area contributed by atoms with Crippen molar-refractivity contribution in [3.8, 4) is 0 Å². The summed E-state index contributed by atoms with van der Waals surface area (Å²) in [6.45, 7) is 4.40. The fourth-order valence-electron chi connectivity index (χ4n) is 2.41. The van der Waals surface area contributed by atoms with E-state index in [-0.39, 0.29) is 0 Å². The first-order chi connectivity index (χ1) is 10.2. The van der Waals surface area contributed by atoms with Crippen LogP contribution in [0.15, 0.2) is 36.8 Å². The van der Waals surface area contributed by atoms with Crippen molar-refractivity contribution in [3.05, 3.63) is 48.0 Å². The number of pyridine rings is 1. The highest BCUT2D eigenvalue weighted by atomic mass is 15.3. The van der Waals surface area contributed by atoms with Crippen LogP contribution in [0.2, 0.25) is 0 Å². The number of hydrogen-bond donors (Lipinski definition) is 1. The highest BCUT2D eigenvalue weighted by Gasteiger charge is 2.11. The summed E-state index contributed by atoms with van der Waals surface area (Å²) in [4.78, 5) is 4.06. The van der Waals surface area contributed by atoms with E-state index in [1.807, 2.05) is 19.4 Å². The number of likely N-dealkylation sites (N-methyl/N-ethyl adjacent to an activating group) is 1. The maximum atomic E-state index is 4.69.